The Hall–Kier alpha value is -0.830. The first-order valence-electron chi connectivity index (χ1n) is 5.44. The molecule has 1 aromatic carbocycles. The van der Waals surface area contributed by atoms with Gasteiger partial charge >= 0.3 is 0 Å². The number of aryl methyl sites for hydroxylation is 1. The van der Waals surface area contributed by atoms with Gasteiger partial charge in [-0.1, -0.05) is 37.5 Å². The summed E-state index contributed by atoms with van der Waals surface area (Å²) in [6, 6.07) is 7.97. The van der Waals surface area contributed by atoms with Gasteiger partial charge in [-0.05, 0) is 25.5 Å². The average molecular weight is 225 g/mol. The van der Waals surface area contributed by atoms with Crippen LogP contribution in [0.5, 0.6) is 0 Å². The Bertz CT molecular complexity index is 308. The zero-order valence-electron chi connectivity index (χ0n) is 9.45. The van der Waals surface area contributed by atoms with Gasteiger partial charge < -0.3 is 4.72 Å². The fourth-order valence-electron chi connectivity index (χ4n) is 1.29. The van der Waals surface area contributed by atoms with Crippen molar-refractivity contribution in [3.8, 4) is 0 Å². The number of unbranched alkanes of at least 4 members (excludes halogenated alkanes) is 2. The molecule has 1 unspecified atom stereocenters. The number of benzene rings is 1. The highest BCUT2D eigenvalue weighted by molar-refractivity contribution is 7.86. The van der Waals surface area contributed by atoms with Gasteiger partial charge in [-0.2, -0.15) is 0 Å². The Kier molecular flexibility index (Phi) is 5.40. The first kappa shape index (κ1) is 12.2. The van der Waals surface area contributed by atoms with E-state index in [-0.39, 0.29) is 0 Å². The molecule has 3 heteroatoms. The minimum absolute atomic E-state index is 0.738. The molecule has 1 rings (SSSR count). The van der Waals surface area contributed by atoms with Crippen molar-refractivity contribution in [3.63, 3.8) is 0 Å². The van der Waals surface area contributed by atoms with Crippen LogP contribution in [0.4, 0.5) is 5.69 Å². The van der Waals surface area contributed by atoms with E-state index >= 15 is 0 Å². The van der Waals surface area contributed by atoms with Crippen LogP contribution in [0.15, 0.2) is 24.3 Å². The lowest BCUT2D eigenvalue weighted by molar-refractivity contribution is 0.679. The molecule has 0 aliphatic rings. The van der Waals surface area contributed by atoms with E-state index in [0.29, 0.717) is 0 Å². The molecule has 0 amide bonds. The maximum atomic E-state index is 11.6. The van der Waals surface area contributed by atoms with Gasteiger partial charge in [-0.25, -0.2) is 4.21 Å². The molecule has 0 aromatic heterocycles. The lowest BCUT2D eigenvalue weighted by atomic mass is 10.2. The van der Waals surface area contributed by atoms with Crippen LogP contribution in [-0.2, 0) is 11.0 Å². The third kappa shape index (κ3) is 4.98. The molecule has 0 aliphatic heterocycles. The van der Waals surface area contributed by atoms with E-state index in [1.165, 1.54) is 12.0 Å². The quantitative estimate of drug-likeness (QED) is 0.740. The smallest absolute Gasteiger partial charge is 0.117 e. The van der Waals surface area contributed by atoms with Crippen molar-refractivity contribution in [1.82, 2.24) is 0 Å². The lowest BCUT2D eigenvalue weighted by Gasteiger charge is -2.05. The molecule has 0 saturated heterocycles. The van der Waals surface area contributed by atoms with Crippen LogP contribution in [0.2, 0.25) is 0 Å². The monoisotopic (exact) mass is 225 g/mol. The van der Waals surface area contributed by atoms with E-state index < -0.39 is 11.0 Å². The predicted molar refractivity (Wildman–Crippen MR) is 67.3 cm³/mol. The third-order valence-electron chi connectivity index (χ3n) is 2.22. The van der Waals surface area contributed by atoms with Crippen molar-refractivity contribution in [2.45, 2.75) is 33.1 Å². The second-order valence-electron chi connectivity index (χ2n) is 3.72. The van der Waals surface area contributed by atoms with Crippen molar-refractivity contribution in [2.75, 3.05) is 10.5 Å². The van der Waals surface area contributed by atoms with E-state index in [1.807, 2.05) is 31.2 Å². The van der Waals surface area contributed by atoms with Crippen molar-refractivity contribution in [1.29, 1.82) is 0 Å². The lowest BCUT2D eigenvalue weighted by Crippen LogP contribution is -2.08. The highest BCUT2D eigenvalue weighted by Gasteiger charge is 1.99. The first-order valence-corrected chi connectivity index (χ1v) is 6.76. The van der Waals surface area contributed by atoms with Gasteiger partial charge in [-0.3, -0.25) is 0 Å². The van der Waals surface area contributed by atoms with Gasteiger partial charge in [0.05, 0.1) is 0 Å². The molecule has 84 valence electrons. The number of nitrogens with one attached hydrogen (secondary N) is 1. The molecule has 2 nitrogen and oxygen atoms in total. The normalized spacial score (nSPS) is 12.4. The van der Waals surface area contributed by atoms with Crippen LogP contribution in [0.1, 0.15) is 31.7 Å². The molecular weight excluding hydrogens is 206 g/mol. The standard InChI is InChI=1S/C12H19NOS/c1-3-4-5-10-15(14)13-12-8-6-11(2)7-9-12/h6-9,13H,3-5,10H2,1-2H3. The first-order chi connectivity index (χ1) is 7.22. The summed E-state index contributed by atoms with van der Waals surface area (Å²) in [6.45, 7) is 4.19. The predicted octanol–water partition coefficient (Wildman–Crippen LogP) is 3.26. The summed E-state index contributed by atoms with van der Waals surface area (Å²) in [6.07, 6.45) is 3.35. The van der Waals surface area contributed by atoms with Crippen molar-refractivity contribution < 1.29 is 4.21 Å². The van der Waals surface area contributed by atoms with Crippen LogP contribution in [0.25, 0.3) is 0 Å². The zero-order valence-corrected chi connectivity index (χ0v) is 10.3. The van der Waals surface area contributed by atoms with Gasteiger partial charge in [-0.15, -0.1) is 0 Å². The summed E-state index contributed by atoms with van der Waals surface area (Å²) in [5.74, 6) is 0.738. The molecule has 1 atom stereocenters. The molecule has 0 bridgehead atoms. The van der Waals surface area contributed by atoms with Crippen LogP contribution in [-0.4, -0.2) is 9.96 Å². The molecule has 0 heterocycles. The molecule has 0 fully saturated rings. The van der Waals surface area contributed by atoms with Gasteiger partial charge in [0.15, 0.2) is 0 Å². The number of rotatable bonds is 6. The van der Waals surface area contributed by atoms with Gasteiger partial charge in [0, 0.05) is 11.4 Å². The maximum Gasteiger partial charge on any atom is 0.117 e. The molecular formula is C12H19NOS. The summed E-state index contributed by atoms with van der Waals surface area (Å²) in [7, 11) is -0.929. The van der Waals surface area contributed by atoms with E-state index in [1.54, 1.807) is 0 Å². The highest BCUT2D eigenvalue weighted by atomic mass is 32.2. The molecule has 1 N–H and O–H groups in total. The van der Waals surface area contributed by atoms with Crippen molar-refractivity contribution in [2.24, 2.45) is 0 Å². The van der Waals surface area contributed by atoms with E-state index in [9.17, 15) is 4.21 Å². The Labute approximate surface area is 94.7 Å². The van der Waals surface area contributed by atoms with E-state index in [2.05, 4.69) is 11.6 Å². The highest BCUT2D eigenvalue weighted by Crippen LogP contribution is 2.09. The molecule has 0 aliphatic carbocycles. The number of anilines is 1. The van der Waals surface area contributed by atoms with Crippen molar-refractivity contribution >= 4 is 16.7 Å². The van der Waals surface area contributed by atoms with Crippen LogP contribution < -0.4 is 4.72 Å². The van der Waals surface area contributed by atoms with Crippen molar-refractivity contribution in [3.05, 3.63) is 29.8 Å². The fraction of sp³-hybridized carbons (Fsp3) is 0.500. The zero-order chi connectivity index (χ0) is 11.1. The Morgan fingerprint density at radius 1 is 1.20 bits per heavy atom. The van der Waals surface area contributed by atoms with Crippen LogP contribution in [0, 0.1) is 6.92 Å². The van der Waals surface area contributed by atoms with Crippen LogP contribution >= 0.6 is 0 Å². The van der Waals surface area contributed by atoms with E-state index in [4.69, 9.17) is 0 Å². The number of hydrogen-bond acceptors (Lipinski definition) is 1. The SMILES string of the molecule is CCCCCS(=O)Nc1ccc(C)cc1. The van der Waals surface area contributed by atoms with Crippen LogP contribution in [0.3, 0.4) is 0 Å². The van der Waals surface area contributed by atoms with Gasteiger partial charge in [0.25, 0.3) is 0 Å². The second-order valence-corrected chi connectivity index (χ2v) is 5.03. The fourth-order valence-corrected chi connectivity index (χ4v) is 2.25. The minimum Gasteiger partial charge on any atom is -0.305 e. The second kappa shape index (κ2) is 6.62. The molecule has 0 saturated carbocycles. The van der Waals surface area contributed by atoms with Gasteiger partial charge in [0.1, 0.15) is 11.0 Å². The Morgan fingerprint density at radius 2 is 1.87 bits per heavy atom. The number of hydrogen-bond donors (Lipinski definition) is 1. The summed E-state index contributed by atoms with van der Waals surface area (Å²) < 4.78 is 14.6. The molecule has 0 radical (unpaired) electrons. The average Bonchev–Trinajstić information content (AvgIpc) is 2.22. The third-order valence-corrected chi connectivity index (χ3v) is 3.34. The Balaban J connectivity index is 2.34. The minimum atomic E-state index is -0.929. The summed E-state index contributed by atoms with van der Waals surface area (Å²) in [5, 5.41) is 0. The molecule has 0 spiro atoms. The van der Waals surface area contributed by atoms with Gasteiger partial charge in [0.2, 0.25) is 0 Å². The topological polar surface area (TPSA) is 29.1 Å². The summed E-state index contributed by atoms with van der Waals surface area (Å²) >= 11 is 0. The summed E-state index contributed by atoms with van der Waals surface area (Å²) in [5.41, 5.74) is 2.16. The summed E-state index contributed by atoms with van der Waals surface area (Å²) in [4.78, 5) is 0. The molecule has 1 aromatic rings. The maximum absolute atomic E-state index is 11.6. The Morgan fingerprint density at radius 3 is 2.47 bits per heavy atom. The molecule has 15 heavy (non-hydrogen) atoms. The van der Waals surface area contributed by atoms with E-state index in [0.717, 1.165) is 24.3 Å². The largest absolute Gasteiger partial charge is 0.305 e.